The molecule has 1 fully saturated rings. The number of ether oxygens (including phenoxy) is 1. The second-order valence-electron chi connectivity index (χ2n) is 5.50. The Labute approximate surface area is 115 Å². The molecule has 0 aliphatic heterocycles. The van der Waals surface area contributed by atoms with Crippen LogP contribution in [0.15, 0.2) is 30.3 Å². The van der Waals surface area contributed by atoms with Crippen LogP contribution in [0.1, 0.15) is 43.6 Å². The molecule has 104 valence electrons. The summed E-state index contributed by atoms with van der Waals surface area (Å²) in [5.41, 5.74) is 6.50. The number of carbonyl (C=O) groups excluding carboxylic acids is 1. The van der Waals surface area contributed by atoms with Gasteiger partial charge in [-0.3, -0.25) is 4.79 Å². The second kappa shape index (κ2) is 6.20. The first-order valence-electron chi connectivity index (χ1n) is 7.04. The molecule has 1 aromatic carbocycles. The summed E-state index contributed by atoms with van der Waals surface area (Å²) in [4.78, 5) is 12.1. The van der Waals surface area contributed by atoms with Gasteiger partial charge in [0.1, 0.15) is 0 Å². The first kappa shape index (κ1) is 14.1. The molecule has 2 N–H and O–H groups in total. The SMILES string of the molecule is COC[C@@H](c1ccccc1)C1(C(N)=O)CCCCC1. The molecule has 2 rings (SSSR count). The maximum Gasteiger partial charge on any atom is 0.224 e. The van der Waals surface area contributed by atoms with E-state index in [2.05, 4.69) is 12.1 Å². The van der Waals surface area contributed by atoms with E-state index < -0.39 is 5.41 Å². The van der Waals surface area contributed by atoms with Crippen molar-refractivity contribution in [1.29, 1.82) is 0 Å². The van der Waals surface area contributed by atoms with Crippen molar-refractivity contribution in [2.45, 2.75) is 38.0 Å². The number of methoxy groups -OCH3 is 1. The lowest BCUT2D eigenvalue weighted by Crippen LogP contribution is -2.45. The van der Waals surface area contributed by atoms with Gasteiger partial charge >= 0.3 is 0 Å². The molecule has 0 saturated heterocycles. The Morgan fingerprint density at radius 1 is 1.26 bits per heavy atom. The molecular weight excluding hydrogens is 238 g/mol. The van der Waals surface area contributed by atoms with Gasteiger partial charge in [-0.15, -0.1) is 0 Å². The van der Waals surface area contributed by atoms with Gasteiger partial charge in [-0.05, 0) is 18.4 Å². The summed E-state index contributed by atoms with van der Waals surface area (Å²) < 4.78 is 5.38. The van der Waals surface area contributed by atoms with Crippen LogP contribution in [0.5, 0.6) is 0 Å². The summed E-state index contributed by atoms with van der Waals surface area (Å²) in [7, 11) is 1.69. The molecule has 0 heterocycles. The van der Waals surface area contributed by atoms with E-state index in [0.717, 1.165) is 31.2 Å². The Balaban J connectivity index is 2.37. The van der Waals surface area contributed by atoms with Crippen molar-refractivity contribution < 1.29 is 9.53 Å². The molecule has 1 aromatic rings. The first-order valence-corrected chi connectivity index (χ1v) is 7.04. The number of hydrogen-bond donors (Lipinski definition) is 1. The van der Waals surface area contributed by atoms with Gasteiger partial charge in [0.15, 0.2) is 0 Å². The van der Waals surface area contributed by atoms with Crippen molar-refractivity contribution in [1.82, 2.24) is 0 Å². The minimum absolute atomic E-state index is 0.0662. The minimum atomic E-state index is -0.435. The third-order valence-corrected chi connectivity index (χ3v) is 4.44. The molecule has 0 radical (unpaired) electrons. The maximum atomic E-state index is 12.1. The Kier molecular flexibility index (Phi) is 4.59. The van der Waals surface area contributed by atoms with Gasteiger partial charge in [-0.2, -0.15) is 0 Å². The van der Waals surface area contributed by atoms with E-state index >= 15 is 0 Å². The van der Waals surface area contributed by atoms with Gasteiger partial charge in [0.2, 0.25) is 5.91 Å². The summed E-state index contributed by atoms with van der Waals surface area (Å²) in [5.74, 6) is -0.102. The van der Waals surface area contributed by atoms with E-state index in [1.165, 1.54) is 6.42 Å². The fourth-order valence-corrected chi connectivity index (χ4v) is 3.38. The molecule has 1 aliphatic carbocycles. The highest BCUT2D eigenvalue weighted by molar-refractivity contribution is 5.82. The van der Waals surface area contributed by atoms with Crippen molar-refractivity contribution in [3.05, 3.63) is 35.9 Å². The van der Waals surface area contributed by atoms with E-state index in [4.69, 9.17) is 10.5 Å². The summed E-state index contributed by atoms with van der Waals surface area (Å²) in [5, 5.41) is 0. The molecule has 19 heavy (non-hydrogen) atoms. The van der Waals surface area contributed by atoms with Crippen molar-refractivity contribution in [3.63, 3.8) is 0 Å². The molecule has 0 bridgehead atoms. The molecule has 0 unspecified atom stereocenters. The van der Waals surface area contributed by atoms with Gasteiger partial charge in [-0.1, -0.05) is 49.6 Å². The molecular formula is C16H23NO2. The highest BCUT2D eigenvalue weighted by Gasteiger charge is 2.45. The first-order chi connectivity index (χ1) is 9.20. The molecule has 3 nitrogen and oxygen atoms in total. The fraction of sp³-hybridized carbons (Fsp3) is 0.562. The van der Waals surface area contributed by atoms with Crippen LogP contribution in [-0.2, 0) is 9.53 Å². The van der Waals surface area contributed by atoms with Crippen molar-refractivity contribution in [2.75, 3.05) is 13.7 Å². The highest BCUT2D eigenvalue weighted by atomic mass is 16.5. The number of nitrogens with two attached hydrogens (primary N) is 1. The van der Waals surface area contributed by atoms with E-state index in [9.17, 15) is 4.79 Å². The van der Waals surface area contributed by atoms with Crippen LogP contribution < -0.4 is 5.73 Å². The summed E-state index contributed by atoms with van der Waals surface area (Å²) in [6.45, 7) is 0.549. The van der Waals surface area contributed by atoms with Gasteiger partial charge in [0.25, 0.3) is 0 Å². The average Bonchev–Trinajstić information content (AvgIpc) is 2.46. The molecule has 0 spiro atoms. The molecule has 0 aromatic heterocycles. The highest BCUT2D eigenvalue weighted by Crippen LogP contribution is 2.47. The summed E-state index contributed by atoms with van der Waals surface area (Å²) >= 11 is 0. The van der Waals surface area contributed by atoms with Crippen LogP contribution in [0.4, 0.5) is 0 Å². The zero-order chi connectivity index (χ0) is 13.7. The third kappa shape index (κ3) is 2.81. The van der Waals surface area contributed by atoms with Crippen LogP contribution >= 0.6 is 0 Å². The van der Waals surface area contributed by atoms with Crippen molar-refractivity contribution in [3.8, 4) is 0 Å². The lowest BCUT2D eigenvalue weighted by molar-refractivity contribution is -0.132. The van der Waals surface area contributed by atoms with Crippen LogP contribution in [0.2, 0.25) is 0 Å². The van der Waals surface area contributed by atoms with E-state index in [1.54, 1.807) is 7.11 Å². The molecule has 1 saturated carbocycles. The number of amides is 1. The lowest BCUT2D eigenvalue weighted by atomic mass is 9.63. The summed E-state index contributed by atoms with van der Waals surface area (Å²) in [6, 6.07) is 10.2. The second-order valence-corrected chi connectivity index (χ2v) is 5.50. The zero-order valence-electron chi connectivity index (χ0n) is 11.6. The smallest absolute Gasteiger partial charge is 0.224 e. The van der Waals surface area contributed by atoms with Crippen molar-refractivity contribution >= 4 is 5.91 Å². The van der Waals surface area contributed by atoms with Gasteiger partial charge in [0, 0.05) is 13.0 Å². The zero-order valence-corrected chi connectivity index (χ0v) is 11.6. The Hall–Kier alpha value is -1.35. The largest absolute Gasteiger partial charge is 0.384 e. The van der Waals surface area contributed by atoms with Gasteiger partial charge < -0.3 is 10.5 Å². The molecule has 3 heteroatoms. The standard InChI is InChI=1S/C16H23NO2/c1-19-12-14(13-8-4-2-5-9-13)16(15(17)18)10-6-3-7-11-16/h2,4-5,8-9,14H,3,6-7,10-12H2,1H3,(H2,17,18)/t14-/m0/s1. The Bertz CT molecular complexity index is 410. The molecule has 1 aliphatic rings. The van der Waals surface area contributed by atoms with Crippen LogP contribution in [0.25, 0.3) is 0 Å². The summed E-state index contributed by atoms with van der Waals surface area (Å²) in [6.07, 6.45) is 5.12. The van der Waals surface area contributed by atoms with Gasteiger partial charge in [-0.25, -0.2) is 0 Å². The van der Waals surface area contributed by atoms with Crippen molar-refractivity contribution in [2.24, 2.45) is 11.1 Å². The molecule has 1 amide bonds. The fourth-order valence-electron chi connectivity index (χ4n) is 3.38. The quantitative estimate of drug-likeness (QED) is 0.886. The third-order valence-electron chi connectivity index (χ3n) is 4.44. The average molecular weight is 261 g/mol. The number of carbonyl (C=O) groups is 1. The predicted molar refractivity (Wildman–Crippen MR) is 75.8 cm³/mol. The number of hydrogen-bond acceptors (Lipinski definition) is 2. The monoisotopic (exact) mass is 261 g/mol. The predicted octanol–water partition coefficient (Wildman–Crippen LogP) is 2.85. The van der Waals surface area contributed by atoms with Crippen LogP contribution in [0.3, 0.4) is 0 Å². The lowest BCUT2D eigenvalue weighted by Gasteiger charge is -2.41. The van der Waals surface area contributed by atoms with Crippen LogP contribution in [0, 0.1) is 5.41 Å². The molecule has 1 atom stereocenters. The van der Waals surface area contributed by atoms with Crippen LogP contribution in [-0.4, -0.2) is 19.6 Å². The van der Waals surface area contributed by atoms with E-state index in [-0.39, 0.29) is 11.8 Å². The van der Waals surface area contributed by atoms with Gasteiger partial charge in [0.05, 0.1) is 12.0 Å². The van der Waals surface area contributed by atoms with E-state index in [0.29, 0.717) is 6.61 Å². The maximum absolute atomic E-state index is 12.1. The number of benzene rings is 1. The minimum Gasteiger partial charge on any atom is -0.384 e. The normalized spacial score (nSPS) is 19.8. The Morgan fingerprint density at radius 3 is 2.42 bits per heavy atom. The topological polar surface area (TPSA) is 52.3 Å². The number of primary amides is 1. The van der Waals surface area contributed by atoms with E-state index in [1.807, 2.05) is 18.2 Å². The number of rotatable bonds is 5. The Morgan fingerprint density at radius 2 is 1.89 bits per heavy atom.